The van der Waals surface area contributed by atoms with Crippen molar-refractivity contribution in [2.75, 3.05) is 13.1 Å². The number of likely N-dealkylation sites (tertiary alicyclic amines) is 1. The Hall–Kier alpha value is -1.36. The van der Waals surface area contributed by atoms with Gasteiger partial charge in [-0.05, 0) is 20.3 Å². The van der Waals surface area contributed by atoms with Crippen LogP contribution in [0.25, 0.3) is 0 Å². The van der Waals surface area contributed by atoms with Gasteiger partial charge in [0.15, 0.2) is 0 Å². The van der Waals surface area contributed by atoms with Gasteiger partial charge < -0.3 is 15.2 Å². The Morgan fingerprint density at radius 1 is 1.60 bits per heavy atom. The molecule has 1 saturated heterocycles. The van der Waals surface area contributed by atoms with Gasteiger partial charge in [-0.1, -0.05) is 5.16 Å². The van der Waals surface area contributed by atoms with Gasteiger partial charge in [-0.25, -0.2) is 0 Å². The Bertz CT molecular complexity index is 367. The van der Waals surface area contributed by atoms with Gasteiger partial charge in [0.25, 0.3) is 5.91 Å². The third kappa shape index (κ3) is 1.74. The molecule has 0 radical (unpaired) electrons. The van der Waals surface area contributed by atoms with E-state index in [0.29, 0.717) is 23.6 Å². The second-order valence-electron chi connectivity index (χ2n) is 4.00. The summed E-state index contributed by atoms with van der Waals surface area (Å²) >= 11 is 0. The molecule has 15 heavy (non-hydrogen) atoms. The van der Waals surface area contributed by atoms with E-state index < -0.39 is 0 Å². The summed E-state index contributed by atoms with van der Waals surface area (Å²) < 4.78 is 4.97. The number of nitrogens with two attached hydrogens (primary N) is 1. The van der Waals surface area contributed by atoms with Gasteiger partial charge in [0.05, 0.1) is 5.69 Å². The van der Waals surface area contributed by atoms with E-state index in [1.807, 2.05) is 0 Å². The summed E-state index contributed by atoms with van der Waals surface area (Å²) in [6.07, 6.45) is 0.870. The summed E-state index contributed by atoms with van der Waals surface area (Å²) in [7, 11) is 0. The number of amides is 1. The molecular formula is C10H15N3O2. The summed E-state index contributed by atoms with van der Waals surface area (Å²) in [6, 6.07) is 0.106. The largest absolute Gasteiger partial charge is 0.361 e. The summed E-state index contributed by atoms with van der Waals surface area (Å²) in [6.45, 7) is 4.88. The SMILES string of the molecule is Cc1noc(C)c1C(=O)N1CCC(N)C1. The minimum absolute atomic E-state index is 0.0146. The molecule has 0 bridgehead atoms. The average Bonchev–Trinajstić information content (AvgIpc) is 2.73. The summed E-state index contributed by atoms with van der Waals surface area (Å²) in [4.78, 5) is 13.8. The van der Waals surface area contributed by atoms with Crippen LogP contribution >= 0.6 is 0 Å². The molecule has 0 saturated carbocycles. The molecule has 1 aliphatic rings. The van der Waals surface area contributed by atoms with Crippen LogP contribution in [-0.2, 0) is 0 Å². The third-order valence-corrected chi connectivity index (χ3v) is 2.76. The molecule has 1 aromatic rings. The molecule has 0 aliphatic carbocycles. The van der Waals surface area contributed by atoms with Crippen molar-refractivity contribution in [3.63, 3.8) is 0 Å². The Kier molecular flexibility index (Phi) is 2.48. The van der Waals surface area contributed by atoms with Crippen LogP contribution in [0.15, 0.2) is 4.52 Å². The smallest absolute Gasteiger partial charge is 0.259 e. The van der Waals surface area contributed by atoms with Crippen molar-refractivity contribution in [2.45, 2.75) is 26.3 Å². The minimum Gasteiger partial charge on any atom is -0.361 e. The zero-order valence-electron chi connectivity index (χ0n) is 8.99. The molecule has 1 fully saturated rings. The number of rotatable bonds is 1. The van der Waals surface area contributed by atoms with Crippen molar-refractivity contribution < 1.29 is 9.32 Å². The Balaban J connectivity index is 2.21. The number of carbonyl (C=O) groups is 1. The molecule has 1 amide bonds. The van der Waals surface area contributed by atoms with Crippen molar-refractivity contribution in [3.05, 3.63) is 17.0 Å². The molecule has 1 aliphatic heterocycles. The lowest BCUT2D eigenvalue weighted by molar-refractivity contribution is 0.0788. The van der Waals surface area contributed by atoms with Crippen LogP contribution in [0.1, 0.15) is 28.2 Å². The zero-order chi connectivity index (χ0) is 11.0. The quantitative estimate of drug-likeness (QED) is 0.729. The van der Waals surface area contributed by atoms with E-state index in [0.717, 1.165) is 13.0 Å². The van der Waals surface area contributed by atoms with Crippen LogP contribution in [0, 0.1) is 13.8 Å². The fourth-order valence-electron chi connectivity index (χ4n) is 1.92. The Labute approximate surface area is 88.2 Å². The van der Waals surface area contributed by atoms with Gasteiger partial charge in [0, 0.05) is 19.1 Å². The van der Waals surface area contributed by atoms with Crippen LogP contribution in [-0.4, -0.2) is 35.1 Å². The van der Waals surface area contributed by atoms with E-state index in [9.17, 15) is 4.79 Å². The highest BCUT2D eigenvalue weighted by molar-refractivity contribution is 5.96. The number of aromatic nitrogens is 1. The number of hydrogen-bond donors (Lipinski definition) is 1. The van der Waals surface area contributed by atoms with Crippen LogP contribution in [0.5, 0.6) is 0 Å². The van der Waals surface area contributed by atoms with Gasteiger partial charge in [-0.15, -0.1) is 0 Å². The molecule has 1 aromatic heterocycles. The van der Waals surface area contributed by atoms with Crippen LogP contribution < -0.4 is 5.73 Å². The topological polar surface area (TPSA) is 72.4 Å². The third-order valence-electron chi connectivity index (χ3n) is 2.76. The molecule has 5 nitrogen and oxygen atoms in total. The van der Waals surface area contributed by atoms with Crippen molar-refractivity contribution in [2.24, 2.45) is 5.73 Å². The first-order valence-electron chi connectivity index (χ1n) is 5.07. The van der Waals surface area contributed by atoms with Crippen LogP contribution in [0.4, 0.5) is 0 Å². The molecule has 0 aromatic carbocycles. The number of nitrogens with zero attached hydrogens (tertiary/aromatic N) is 2. The maximum absolute atomic E-state index is 12.1. The second kappa shape index (κ2) is 3.66. The molecule has 2 rings (SSSR count). The summed E-state index contributed by atoms with van der Waals surface area (Å²) in [5.41, 5.74) is 7.00. The average molecular weight is 209 g/mol. The maximum Gasteiger partial charge on any atom is 0.259 e. The number of aryl methyl sites for hydroxylation is 2. The summed E-state index contributed by atoms with van der Waals surface area (Å²) in [5.74, 6) is 0.567. The van der Waals surface area contributed by atoms with E-state index in [2.05, 4.69) is 5.16 Å². The van der Waals surface area contributed by atoms with E-state index >= 15 is 0 Å². The van der Waals surface area contributed by atoms with Gasteiger partial charge >= 0.3 is 0 Å². The molecule has 1 unspecified atom stereocenters. The van der Waals surface area contributed by atoms with Gasteiger partial charge in [0.2, 0.25) is 0 Å². The van der Waals surface area contributed by atoms with Crippen LogP contribution in [0.3, 0.4) is 0 Å². The van der Waals surface area contributed by atoms with Gasteiger partial charge in [0.1, 0.15) is 11.3 Å². The molecule has 2 N–H and O–H groups in total. The second-order valence-corrected chi connectivity index (χ2v) is 4.00. The molecule has 82 valence electrons. The van der Waals surface area contributed by atoms with Gasteiger partial charge in [-0.3, -0.25) is 4.79 Å². The molecule has 2 heterocycles. The highest BCUT2D eigenvalue weighted by atomic mass is 16.5. The Morgan fingerprint density at radius 2 is 2.33 bits per heavy atom. The highest BCUT2D eigenvalue weighted by Crippen LogP contribution is 2.18. The lowest BCUT2D eigenvalue weighted by Crippen LogP contribution is -2.32. The normalized spacial score (nSPS) is 21.0. The first-order valence-corrected chi connectivity index (χ1v) is 5.07. The molecule has 5 heteroatoms. The van der Waals surface area contributed by atoms with Crippen molar-refractivity contribution >= 4 is 5.91 Å². The van der Waals surface area contributed by atoms with Crippen LogP contribution in [0.2, 0.25) is 0 Å². The van der Waals surface area contributed by atoms with Crippen molar-refractivity contribution in [1.29, 1.82) is 0 Å². The maximum atomic E-state index is 12.1. The van der Waals surface area contributed by atoms with E-state index in [4.69, 9.17) is 10.3 Å². The number of carbonyl (C=O) groups excluding carboxylic acids is 1. The van der Waals surface area contributed by atoms with E-state index in [-0.39, 0.29) is 11.9 Å². The Morgan fingerprint density at radius 3 is 2.80 bits per heavy atom. The number of hydrogen-bond acceptors (Lipinski definition) is 4. The van der Waals surface area contributed by atoms with Gasteiger partial charge in [-0.2, -0.15) is 0 Å². The lowest BCUT2D eigenvalue weighted by atomic mass is 10.2. The molecule has 0 spiro atoms. The highest BCUT2D eigenvalue weighted by Gasteiger charge is 2.28. The van der Waals surface area contributed by atoms with Crippen molar-refractivity contribution in [3.8, 4) is 0 Å². The standard InChI is InChI=1S/C10H15N3O2/c1-6-9(7(2)15-12-6)10(14)13-4-3-8(11)5-13/h8H,3-5,11H2,1-2H3. The summed E-state index contributed by atoms with van der Waals surface area (Å²) in [5, 5.41) is 3.77. The lowest BCUT2D eigenvalue weighted by Gasteiger charge is -2.15. The predicted octanol–water partition coefficient (Wildman–Crippen LogP) is 0.465. The van der Waals surface area contributed by atoms with Crippen molar-refractivity contribution in [1.82, 2.24) is 10.1 Å². The van der Waals surface area contributed by atoms with E-state index in [1.54, 1.807) is 18.7 Å². The molecular weight excluding hydrogens is 194 g/mol. The zero-order valence-corrected chi connectivity index (χ0v) is 8.99. The minimum atomic E-state index is -0.0146. The first kappa shape index (κ1) is 10.2. The fraction of sp³-hybridized carbons (Fsp3) is 0.600. The fourth-order valence-corrected chi connectivity index (χ4v) is 1.92. The molecule has 1 atom stereocenters. The monoisotopic (exact) mass is 209 g/mol. The first-order chi connectivity index (χ1) is 7.09. The van der Waals surface area contributed by atoms with E-state index in [1.165, 1.54) is 0 Å². The predicted molar refractivity (Wildman–Crippen MR) is 54.5 cm³/mol.